The molecule has 1 N–H and O–H groups in total. The highest BCUT2D eigenvalue weighted by atomic mass is 16.5. The maximum absolute atomic E-state index is 11.8. The van der Waals surface area contributed by atoms with E-state index >= 15 is 0 Å². The van der Waals surface area contributed by atoms with Gasteiger partial charge in [0.05, 0.1) is 6.10 Å². The van der Waals surface area contributed by atoms with Crippen molar-refractivity contribution in [1.82, 2.24) is 5.32 Å². The van der Waals surface area contributed by atoms with Crippen LogP contribution in [0.4, 0.5) is 0 Å². The van der Waals surface area contributed by atoms with Crippen LogP contribution in [-0.2, 0) is 9.53 Å². The Kier molecular flexibility index (Phi) is 4.37. The lowest BCUT2D eigenvalue weighted by atomic mass is 10.1. The highest BCUT2D eigenvalue weighted by Crippen LogP contribution is 2.37. The molecule has 3 nitrogen and oxygen atoms in total. The van der Waals surface area contributed by atoms with E-state index in [0.717, 1.165) is 12.0 Å². The molecule has 98 valence electrons. The lowest BCUT2D eigenvalue weighted by Crippen LogP contribution is -2.31. The van der Waals surface area contributed by atoms with Gasteiger partial charge in [-0.05, 0) is 24.8 Å². The minimum Gasteiger partial charge on any atom is -0.372 e. The summed E-state index contributed by atoms with van der Waals surface area (Å²) in [4.78, 5) is 11.8. The molecule has 1 amide bonds. The predicted octanol–water partition coefficient (Wildman–Crippen LogP) is 2.54. The fourth-order valence-corrected chi connectivity index (χ4v) is 2.15. The molecule has 2 rings (SSSR count). The molecule has 0 aliphatic heterocycles. The third-order valence-corrected chi connectivity index (χ3v) is 3.45. The lowest BCUT2D eigenvalue weighted by molar-refractivity contribution is -0.123. The van der Waals surface area contributed by atoms with Crippen LogP contribution in [0.1, 0.15) is 31.9 Å². The van der Waals surface area contributed by atoms with E-state index in [4.69, 9.17) is 4.74 Å². The van der Waals surface area contributed by atoms with Crippen LogP contribution >= 0.6 is 0 Å². The maximum atomic E-state index is 11.8. The first kappa shape index (κ1) is 13.1. The van der Waals surface area contributed by atoms with Crippen molar-refractivity contribution >= 4 is 5.91 Å². The molecular weight excluding hydrogens is 226 g/mol. The van der Waals surface area contributed by atoms with E-state index in [9.17, 15) is 4.79 Å². The van der Waals surface area contributed by atoms with Crippen molar-refractivity contribution in [2.45, 2.75) is 26.4 Å². The van der Waals surface area contributed by atoms with Gasteiger partial charge < -0.3 is 10.1 Å². The number of nitrogens with one attached hydrogen (secondary N) is 1. The highest BCUT2D eigenvalue weighted by molar-refractivity contribution is 5.81. The second kappa shape index (κ2) is 6.01. The van der Waals surface area contributed by atoms with Gasteiger partial charge in [-0.25, -0.2) is 0 Å². The van der Waals surface area contributed by atoms with Crippen molar-refractivity contribution in [3.8, 4) is 0 Å². The summed E-state index contributed by atoms with van der Waals surface area (Å²) in [6, 6.07) is 10.0. The van der Waals surface area contributed by atoms with Crippen molar-refractivity contribution in [1.29, 1.82) is 0 Å². The average Bonchev–Trinajstić information content (AvgIpc) is 3.12. The zero-order valence-corrected chi connectivity index (χ0v) is 11.1. The molecule has 0 radical (unpaired) electrons. The van der Waals surface area contributed by atoms with Crippen molar-refractivity contribution in [2.75, 3.05) is 13.2 Å². The number of amides is 1. The molecule has 0 heterocycles. The smallest absolute Gasteiger partial charge is 0.223 e. The highest BCUT2D eigenvalue weighted by Gasteiger charge is 2.39. The first-order valence-corrected chi connectivity index (χ1v) is 6.66. The Hall–Kier alpha value is -1.35. The minimum atomic E-state index is -0.0470. The Morgan fingerprint density at radius 2 is 2.11 bits per heavy atom. The number of benzene rings is 1. The van der Waals surface area contributed by atoms with Crippen LogP contribution < -0.4 is 5.32 Å². The van der Waals surface area contributed by atoms with Gasteiger partial charge >= 0.3 is 0 Å². The van der Waals surface area contributed by atoms with Crippen LogP contribution in [0.25, 0.3) is 0 Å². The Balaban J connectivity index is 1.88. The van der Waals surface area contributed by atoms with Crippen molar-refractivity contribution in [3.63, 3.8) is 0 Å². The van der Waals surface area contributed by atoms with Gasteiger partial charge in [0.15, 0.2) is 0 Å². The van der Waals surface area contributed by atoms with Gasteiger partial charge in [-0.15, -0.1) is 0 Å². The van der Waals surface area contributed by atoms with Gasteiger partial charge in [-0.1, -0.05) is 37.3 Å². The van der Waals surface area contributed by atoms with E-state index in [-0.39, 0.29) is 17.9 Å². The average molecular weight is 247 g/mol. The topological polar surface area (TPSA) is 38.3 Å². The molecule has 1 saturated carbocycles. The van der Waals surface area contributed by atoms with E-state index in [0.29, 0.717) is 19.1 Å². The molecule has 18 heavy (non-hydrogen) atoms. The SMILES string of the molecule is CCO[C@H](CNC(=O)[C@H]1C[C@@H]1C)c1ccccc1. The molecule has 0 unspecified atom stereocenters. The molecule has 1 aliphatic rings. The largest absolute Gasteiger partial charge is 0.372 e. The predicted molar refractivity (Wildman–Crippen MR) is 71.1 cm³/mol. The summed E-state index contributed by atoms with van der Waals surface area (Å²) in [6.45, 7) is 5.29. The number of carbonyl (C=O) groups excluding carboxylic acids is 1. The number of hydrogen-bond donors (Lipinski definition) is 1. The van der Waals surface area contributed by atoms with Crippen molar-refractivity contribution < 1.29 is 9.53 Å². The van der Waals surface area contributed by atoms with Crippen LogP contribution in [0.5, 0.6) is 0 Å². The van der Waals surface area contributed by atoms with Crippen LogP contribution in [-0.4, -0.2) is 19.1 Å². The first-order chi connectivity index (χ1) is 8.72. The molecule has 1 aliphatic carbocycles. The quantitative estimate of drug-likeness (QED) is 0.839. The van der Waals surface area contributed by atoms with Crippen LogP contribution in [0.2, 0.25) is 0 Å². The molecular formula is C15H21NO2. The fraction of sp³-hybridized carbons (Fsp3) is 0.533. The molecule has 1 aromatic rings. The molecule has 1 aromatic carbocycles. The summed E-state index contributed by atoms with van der Waals surface area (Å²) in [5, 5.41) is 2.99. The monoisotopic (exact) mass is 247 g/mol. The molecule has 3 atom stereocenters. The zero-order chi connectivity index (χ0) is 13.0. The van der Waals surface area contributed by atoms with Gasteiger partial charge in [-0.3, -0.25) is 4.79 Å². The van der Waals surface area contributed by atoms with Gasteiger partial charge in [0.25, 0.3) is 0 Å². The summed E-state index contributed by atoms with van der Waals surface area (Å²) < 4.78 is 5.69. The maximum Gasteiger partial charge on any atom is 0.223 e. The normalized spacial score (nSPS) is 23.4. The Morgan fingerprint density at radius 1 is 1.44 bits per heavy atom. The first-order valence-electron chi connectivity index (χ1n) is 6.66. The van der Waals surface area contributed by atoms with Gasteiger partial charge in [0.2, 0.25) is 5.91 Å². The fourth-order valence-electron chi connectivity index (χ4n) is 2.15. The van der Waals surface area contributed by atoms with Crippen LogP contribution in [0, 0.1) is 11.8 Å². The van der Waals surface area contributed by atoms with E-state index in [1.165, 1.54) is 0 Å². The van der Waals surface area contributed by atoms with E-state index in [2.05, 4.69) is 12.2 Å². The van der Waals surface area contributed by atoms with Crippen molar-refractivity contribution in [3.05, 3.63) is 35.9 Å². The summed E-state index contributed by atoms with van der Waals surface area (Å²) >= 11 is 0. The summed E-state index contributed by atoms with van der Waals surface area (Å²) in [6.07, 6.45) is 0.977. The van der Waals surface area contributed by atoms with E-state index < -0.39 is 0 Å². The molecule has 0 spiro atoms. The second-order valence-corrected chi connectivity index (χ2v) is 4.92. The Bertz CT molecular complexity index is 391. The number of ether oxygens (including phenoxy) is 1. The van der Waals surface area contributed by atoms with Gasteiger partial charge in [-0.2, -0.15) is 0 Å². The number of hydrogen-bond acceptors (Lipinski definition) is 2. The minimum absolute atomic E-state index is 0.0470. The van der Waals surface area contributed by atoms with Crippen LogP contribution in [0.15, 0.2) is 30.3 Å². The summed E-state index contributed by atoms with van der Waals surface area (Å²) in [5.74, 6) is 0.943. The summed E-state index contributed by atoms with van der Waals surface area (Å²) in [5.41, 5.74) is 1.11. The Morgan fingerprint density at radius 3 is 2.67 bits per heavy atom. The van der Waals surface area contributed by atoms with E-state index in [1.54, 1.807) is 0 Å². The van der Waals surface area contributed by atoms with Crippen molar-refractivity contribution in [2.24, 2.45) is 11.8 Å². The molecule has 0 bridgehead atoms. The van der Waals surface area contributed by atoms with Crippen LogP contribution in [0.3, 0.4) is 0 Å². The second-order valence-electron chi connectivity index (χ2n) is 4.92. The number of carbonyl (C=O) groups is 1. The molecule has 0 aromatic heterocycles. The molecule has 0 saturated heterocycles. The Labute approximate surface area is 109 Å². The summed E-state index contributed by atoms with van der Waals surface area (Å²) in [7, 11) is 0. The third kappa shape index (κ3) is 3.33. The molecule has 1 fully saturated rings. The van der Waals surface area contributed by atoms with Gasteiger partial charge in [0.1, 0.15) is 0 Å². The van der Waals surface area contributed by atoms with Gasteiger partial charge in [0, 0.05) is 19.1 Å². The number of rotatable bonds is 6. The molecule has 3 heteroatoms. The van der Waals surface area contributed by atoms with E-state index in [1.807, 2.05) is 37.3 Å². The standard InChI is InChI=1S/C15H21NO2/c1-3-18-14(12-7-5-4-6-8-12)10-16-15(17)13-9-11(13)2/h4-8,11,13-14H,3,9-10H2,1-2H3,(H,16,17)/t11-,13-,14+/m0/s1. The third-order valence-electron chi connectivity index (χ3n) is 3.45. The lowest BCUT2D eigenvalue weighted by Gasteiger charge is -2.18. The zero-order valence-electron chi connectivity index (χ0n) is 11.1.